The monoisotopic (exact) mass is 375 g/mol. The molecule has 0 bridgehead atoms. The predicted molar refractivity (Wildman–Crippen MR) is 91.3 cm³/mol. The Hall–Kier alpha value is -1.74. The number of hydrogen-bond acceptors (Lipinski definition) is 7. The second kappa shape index (κ2) is 8.39. The minimum atomic E-state index is -3.65. The second-order valence-electron chi connectivity index (χ2n) is 5.77. The van der Waals surface area contributed by atoms with E-state index in [1.165, 1.54) is 12.1 Å². The van der Waals surface area contributed by atoms with E-state index in [1.807, 2.05) is 0 Å². The van der Waals surface area contributed by atoms with Crippen LogP contribution < -0.4 is 5.32 Å². The lowest BCUT2D eigenvalue weighted by Gasteiger charge is -2.22. The summed E-state index contributed by atoms with van der Waals surface area (Å²) in [5.41, 5.74) is -0.742. The summed E-state index contributed by atoms with van der Waals surface area (Å²) < 4.78 is 34.1. The zero-order chi connectivity index (χ0) is 18.4. The van der Waals surface area contributed by atoms with Gasteiger partial charge in [-0.1, -0.05) is 18.2 Å². The van der Waals surface area contributed by atoms with Crippen LogP contribution in [0.15, 0.2) is 35.2 Å². The summed E-state index contributed by atoms with van der Waals surface area (Å²) in [5.74, 6) is -0.958. The van der Waals surface area contributed by atoms with E-state index >= 15 is 0 Å². The topological polar surface area (TPSA) is 98.8 Å². The Morgan fingerprint density at radius 1 is 1.21 bits per heavy atom. The first-order valence-corrected chi connectivity index (χ1v) is 10.1. The lowest BCUT2D eigenvalue weighted by Crippen LogP contribution is -2.45. The molecule has 24 heavy (non-hydrogen) atoms. The van der Waals surface area contributed by atoms with Crippen LogP contribution in [0.25, 0.3) is 0 Å². The Balaban J connectivity index is 2.77. The molecule has 0 aliphatic heterocycles. The van der Waals surface area contributed by atoms with Gasteiger partial charge < -0.3 is 14.8 Å². The molecule has 1 amide bonds. The third-order valence-corrected chi connectivity index (χ3v) is 6.14. The van der Waals surface area contributed by atoms with Crippen molar-refractivity contribution >= 4 is 31.7 Å². The summed E-state index contributed by atoms with van der Waals surface area (Å²) in [4.78, 5) is 23.7. The van der Waals surface area contributed by atoms with Crippen LogP contribution in [0.3, 0.4) is 0 Å². The van der Waals surface area contributed by atoms with Crippen LogP contribution in [-0.4, -0.2) is 45.0 Å². The largest absolute Gasteiger partial charge is 0.467 e. The maximum Gasteiger partial charge on any atom is 0.408 e. The number of hydrogen-bond donors (Lipinski definition) is 1. The Bertz CT molecular complexity index is 667. The van der Waals surface area contributed by atoms with Gasteiger partial charge in [0.1, 0.15) is 11.6 Å². The van der Waals surface area contributed by atoms with E-state index in [1.54, 1.807) is 39.0 Å². The first-order chi connectivity index (χ1) is 11.0. The molecule has 0 saturated heterocycles. The molecule has 134 valence electrons. The third kappa shape index (κ3) is 6.79. The number of esters is 1. The molecule has 0 saturated carbocycles. The Morgan fingerprint density at radius 2 is 1.79 bits per heavy atom. The van der Waals surface area contributed by atoms with Crippen molar-refractivity contribution in [2.24, 2.45) is 0 Å². The summed E-state index contributed by atoms with van der Waals surface area (Å²) in [7, 11) is -1.95. The Labute approximate surface area is 145 Å². The molecule has 0 aliphatic carbocycles. The highest BCUT2D eigenvalue weighted by Gasteiger charge is 2.27. The van der Waals surface area contributed by atoms with Crippen LogP contribution in [0, 0.1) is 0 Å². The molecule has 7 nitrogen and oxygen atoms in total. The SMILES string of the molecule is COC(=O)[C@@H](CSS(=O)(=O)c1ccccc1)NC(=O)OC(C)(C)C. The summed E-state index contributed by atoms with van der Waals surface area (Å²) in [5, 5.41) is 2.33. The number of carbonyl (C=O) groups excluding carboxylic acids is 2. The minimum absolute atomic E-state index is 0.121. The second-order valence-corrected chi connectivity index (χ2v) is 9.75. The average molecular weight is 375 g/mol. The van der Waals surface area contributed by atoms with Gasteiger partial charge in [-0.05, 0) is 43.7 Å². The number of rotatable bonds is 6. The molecular formula is C15H21NO6S2. The van der Waals surface area contributed by atoms with E-state index in [9.17, 15) is 18.0 Å². The van der Waals surface area contributed by atoms with E-state index in [0.29, 0.717) is 10.8 Å². The first-order valence-electron chi connectivity index (χ1n) is 7.07. The Morgan fingerprint density at radius 3 is 2.29 bits per heavy atom. The van der Waals surface area contributed by atoms with Gasteiger partial charge in [-0.3, -0.25) is 0 Å². The van der Waals surface area contributed by atoms with Crippen LogP contribution in [-0.2, 0) is 23.1 Å². The van der Waals surface area contributed by atoms with Crippen molar-refractivity contribution in [2.45, 2.75) is 37.3 Å². The van der Waals surface area contributed by atoms with Crippen molar-refractivity contribution in [3.63, 3.8) is 0 Å². The molecule has 0 spiro atoms. The molecule has 0 aliphatic rings. The fraction of sp³-hybridized carbons (Fsp3) is 0.467. The molecule has 1 aromatic carbocycles. The molecule has 1 rings (SSSR count). The highest BCUT2D eigenvalue weighted by molar-refractivity contribution is 8.72. The molecule has 0 unspecified atom stereocenters. The van der Waals surface area contributed by atoms with Crippen LogP contribution in [0.4, 0.5) is 4.79 Å². The maximum absolute atomic E-state index is 12.2. The van der Waals surface area contributed by atoms with E-state index in [-0.39, 0.29) is 10.6 Å². The highest BCUT2D eigenvalue weighted by Crippen LogP contribution is 2.23. The standard InChI is InChI=1S/C15H21NO6S2/c1-15(2,3)22-14(18)16-12(13(17)21-4)10-23-24(19,20)11-8-6-5-7-9-11/h5-9,12H,10H2,1-4H3,(H,16,18)/t12-/m1/s1. The van der Waals surface area contributed by atoms with E-state index < -0.39 is 32.6 Å². The average Bonchev–Trinajstić information content (AvgIpc) is 2.49. The van der Waals surface area contributed by atoms with Crippen molar-refractivity contribution in [3.8, 4) is 0 Å². The zero-order valence-electron chi connectivity index (χ0n) is 13.9. The Kier molecular flexibility index (Phi) is 7.09. The van der Waals surface area contributed by atoms with Crippen molar-refractivity contribution in [3.05, 3.63) is 30.3 Å². The first kappa shape index (κ1) is 20.3. The van der Waals surface area contributed by atoms with Gasteiger partial charge in [0, 0.05) is 5.75 Å². The molecule has 0 fully saturated rings. The number of alkyl carbamates (subject to hydrolysis) is 1. The van der Waals surface area contributed by atoms with Crippen LogP contribution in [0.1, 0.15) is 20.8 Å². The van der Waals surface area contributed by atoms with Gasteiger partial charge in [-0.15, -0.1) is 0 Å². The molecule has 0 heterocycles. The molecule has 1 aromatic rings. The minimum Gasteiger partial charge on any atom is -0.467 e. The van der Waals surface area contributed by atoms with Gasteiger partial charge in [0.2, 0.25) is 8.87 Å². The zero-order valence-corrected chi connectivity index (χ0v) is 15.6. The molecule has 0 aromatic heterocycles. The maximum atomic E-state index is 12.2. The van der Waals surface area contributed by atoms with Gasteiger partial charge in [0.15, 0.2) is 0 Å². The molecular weight excluding hydrogens is 354 g/mol. The van der Waals surface area contributed by atoms with Gasteiger partial charge >= 0.3 is 12.1 Å². The summed E-state index contributed by atoms with van der Waals surface area (Å²) in [6.45, 7) is 5.02. The summed E-state index contributed by atoms with van der Waals surface area (Å²) >= 11 is 0. The highest BCUT2D eigenvalue weighted by atomic mass is 33.1. The van der Waals surface area contributed by atoms with Gasteiger partial charge in [0.25, 0.3) is 0 Å². The van der Waals surface area contributed by atoms with E-state index in [0.717, 1.165) is 7.11 Å². The van der Waals surface area contributed by atoms with E-state index in [4.69, 9.17) is 4.74 Å². The van der Waals surface area contributed by atoms with Crippen molar-refractivity contribution in [1.29, 1.82) is 0 Å². The lowest BCUT2D eigenvalue weighted by atomic mass is 10.2. The molecule has 1 atom stereocenters. The number of amides is 1. The van der Waals surface area contributed by atoms with Crippen molar-refractivity contribution < 1.29 is 27.5 Å². The van der Waals surface area contributed by atoms with Crippen LogP contribution in [0.2, 0.25) is 0 Å². The molecule has 0 radical (unpaired) electrons. The number of ether oxygens (including phenoxy) is 2. The number of methoxy groups -OCH3 is 1. The molecule has 9 heteroatoms. The quantitative estimate of drug-likeness (QED) is 0.601. The van der Waals surface area contributed by atoms with Crippen molar-refractivity contribution in [1.82, 2.24) is 5.32 Å². The van der Waals surface area contributed by atoms with Crippen LogP contribution >= 0.6 is 10.8 Å². The van der Waals surface area contributed by atoms with Gasteiger partial charge in [-0.2, -0.15) is 0 Å². The fourth-order valence-electron chi connectivity index (χ4n) is 1.57. The predicted octanol–water partition coefficient (Wildman–Crippen LogP) is 2.17. The van der Waals surface area contributed by atoms with Crippen LogP contribution in [0.5, 0.6) is 0 Å². The molecule has 1 N–H and O–H groups in total. The lowest BCUT2D eigenvalue weighted by molar-refractivity contribution is -0.142. The van der Waals surface area contributed by atoms with Gasteiger partial charge in [0.05, 0.1) is 12.0 Å². The number of benzene rings is 1. The normalized spacial score (nSPS) is 13.0. The number of nitrogens with one attached hydrogen (secondary N) is 1. The smallest absolute Gasteiger partial charge is 0.408 e. The third-order valence-electron chi connectivity index (χ3n) is 2.60. The van der Waals surface area contributed by atoms with Gasteiger partial charge in [-0.25, -0.2) is 18.0 Å². The fourth-order valence-corrected chi connectivity index (χ4v) is 4.42. The number of carbonyl (C=O) groups is 2. The summed E-state index contributed by atoms with van der Waals surface area (Å²) in [6, 6.07) is 6.67. The van der Waals surface area contributed by atoms with E-state index in [2.05, 4.69) is 10.1 Å². The van der Waals surface area contributed by atoms with Crippen molar-refractivity contribution in [2.75, 3.05) is 12.9 Å². The summed E-state index contributed by atoms with van der Waals surface area (Å²) in [6.07, 6.45) is -0.824.